The number of likely N-dealkylation sites (tertiary alicyclic amines) is 1. The first-order valence-electron chi connectivity index (χ1n) is 8.68. The Balaban J connectivity index is 1.70. The minimum absolute atomic E-state index is 0.206. The van der Waals surface area contributed by atoms with Crippen LogP contribution in [0.3, 0.4) is 0 Å². The van der Waals surface area contributed by atoms with Crippen molar-refractivity contribution in [2.24, 2.45) is 0 Å². The summed E-state index contributed by atoms with van der Waals surface area (Å²) in [5.41, 5.74) is 2.21. The van der Waals surface area contributed by atoms with Crippen LogP contribution in [0.1, 0.15) is 24.0 Å². The third-order valence-corrected chi connectivity index (χ3v) is 4.70. The molecule has 0 spiro atoms. The smallest absolute Gasteiger partial charge is 0.295 e. The third kappa shape index (κ3) is 4.56. The van der Waals surface area contributed by atoms with Gasteiger partial charge in [-0.15, -0.1) is 0 Å². The van der Waals surface area contributed by atoms with Crippen LogP contribution in [0.4, 0.5) is 15.8 Å². The van der Waals surface area contributed by atoms with Gasteiger partial charge in [0.25, 0.3) is 5.69 Å². The predicted octanol–water partition coefficient (Wildman–Crippen LogP) is 3.30. The lowest BCUT2D eigenvalue weighted by molar-refractivity contribution is -0.384. The number of nitro benzene ring substituents is 1. The van der Waals surface area contributed by atoms with Crippen molar-refractivity contribution < 1.29 is 14.4 Å². The first kappa shape index (κ1) is 18.3. The molecule has 1 fully saturated rings. The molecule has 6 nitrogen and oxygen atoms in total. The van der Waals surface area contributed by atoms with E-state index >= 15 is 0 Å². The van der Waals surface area contributed by atoms with Gasteiger partial charge in [0.1, 0.15) is 11.5 Å². The largest absolute Gasteiger partial charge is 0.393 e. The number of hydrogen-bond donors (Lipinski definition) is 2. The summed E-state index contributed by atoms with van der Waals surface area (Å²) in [6.07, 6.45) is 1.35. The molecule has 26 heavy (non-hydrogen) atoms. The van der Waals surface area contributed by atoms with Crippen molar-refractivity contribution in [3.63, 3.8) is 0 Å². The molecule has 0 saturated carbocycles. The van der Waals surface area contributed by atoms with Crippen molar-refractivity contribution in [3.05, 3.63) is 69.5 Å². The Kier molecular flexibility index (Phi) is 5.80. The lowest BCUT2D eigenvalue weighted by atomic mass is 10.0. The molecule has 0 radical (unpaired) electrons. The summed E-state index contributed by atoms with van der Waals surface area (Å²) in [5, 5.41) is 23.8. The highest BCUT2D eigenvalue weighted by atomic mass is 19.1. The first-order chi connectivity index (χ1) is 12.5. The summed E-state index contributed by atoms with van der Waals surface area (Å²) in [6.45, 7) is 2.90. The zero-order chi connectivity index (χ0) is 18.5. The molecule has 2 aromatic rings. The Labute approximate surface area is 151 Å². The SMILES string of the molecule is O=[N+]([O-])c1cc(F)ccc1NCc1ccccc1CN1CCC(O)CC1. The predicted molar refractivity (Wildman–Crippen MR) is 97.3 cm³/mol. The van der Waals surface area contributed by atoms with Gasteiger partial charge >= 0.3 is 0 Å². The topological polar surface area (TPSA) is 78.6 Å². The number of benzene rings is 2. The molecule has 2 N–H and O–H groups in total. The van der Waals surface area contributed by atoms with E-state index in [2.05, 4.69) is 10.2 Å². The van der Waals surface area contributed by atoms with Crippen molar-refractivity contribution in [1.82, 2.24) is 4.90 Å². The van der Waals surface area contributed by atoms with Gasteiger partial charge < -0.3 is 10.4 Å². The zero-order valence-electron chi connectivity index (χ0n) is 14.4. The summed E-state index contributed by atoms with van der Waals surface area (Å²) < 4.78 is 13.3. The van der Waals surface area contributed by atoms with Gasteiger partial charge in [0.15, 0.2) is 0 Å². The molecule has 1 heterocycles. The number of nitro groups is 1. The number of nitrogens with one attached hydrogen (secondary N) is 1. The average Bonchev–Trinajstić information content (AvgIpc) is 2.63. The summed E-state index contributed by atoms with van der Waals surface area (Å²) in [4.78, 5) is 12.8. The van der Waals surface area contributed by atoms with Crippen LogP contribution >= 0.6 is 0 Å². The Morgan fingerprint density at radius 1 is 1.19 bits per heavy atom. The highest BCUT2D eigenvalue weighted by molar-refractivity contribution is 5.61. The number of halogens is 1. The Morgan fingerprint density at radius 2 is 1.88 bits per heavy atom. The molecule has 0 atom stereocenters. The van der Waals surface area contributed by atoms with Crippen LogP contribution < -0.4 is 5.32 Å². The number of aliphatic hydroxyl groups excluding tert-OH is 1. The number of rotatable bonds is 6. The number of aliphatic hydroxyl groups is 1. The number of piperidine rings is 1. The zero-order valence-corrected chi connectivity index (χ0v) is 14.4. The Bertz CT molecular complexity index is 776. The number of anilines is 1. The molecule has 7 heteroatoms. The second-order valence-electron chi connectivity index (χ2n) is 6.55. The standard InChI is InChI=1S/C19H22FN3O3/c20-16-5-6-18(19(11-16)23(25)26)21-12-14-3-1-2-4-15(14)13-22-9-7-17(24)8-10-22/h1-6,11,17,21,24H,7-10,12-13H2. The monoisotopic (exact) mass is 359 g/mol. The summed E-state index contributed by atoms with van der Waals surface area (Å²) in [7, 11) is 0. The minimum atomic E-state index is -0.630. The van der Waals surface area contributed by atoms with Crippen LogP contribution in [0, 0.1) is 15.9 Å². The van der Waals surface area contributed by atoms with E-state index in [-0.39, 0.29) is 11.8 Å². The molecule has 1 aliphatic heterocycles. The molecule has 0 aromatic heterocycles. The van der Waals surface area contributed by atoms with E-state index in [0.29, 0.717) is 12.2 Å². The van der Waals surface area contributed by atoms with Crippen LogP contribution in [0.15, 0.2) is 42.5 Å². The van der Waals surface area contributed by atoms with Crippen molar-refractivity contribution in [1.29, 1.82) is 0 Å². The second kappa shape index (κ2) is 8.25. The second-order valence-corrected chi connectivity index (χ2v) is 6.55. The van der Waals surface area contributed by atoms with Gasteiger partial charge in [0, 0.05) is 26.2 Å². The van der Waals surface area contributed by atoms with E-state index in [1.54, 1.807) is 0 Å². The molecule has 1 saturated heterocycles. The maximum atomic E-state index is 13.3. The van der Waals surface area contributed by atoms with E-state index in [9.17, 15) is 19.6 Å². The van der Waals surface area contributed by atoms with E-state index in [0.717, 1.165) is 49.7 Å². The van der Waals surface area contributed by atoms with Crippen LogP contribution in [-0.2, 0) is 13.1 Å². The molecule has 0 bridgehead atoms. The van der Waals surface area contributed by atoms with Gasteiger partial charge in [-0.05, 0) is 36.1 Å². The van der Waals surface area contributed by atoms with Gasteiger partial charge in [-0.2, -0.15) is 0 Å². The fourth-order valence-corrected chi connectivity index (χ4v) is 3.20. The third-order valence-electron chi connectivity index (χ3n) is 4.70. The fourth-order valence-electron chi connectivity index (χ4n) is 3.20. The van der Waals surface area contributed by atoms with Crippen molar-refractivity contribution >= 4 is 11.4 Å². The first-order valence-corrected chi connectivity index (χ1v) is 8.68. The highest BCUT2D eigenvalue weighted by Crippen LogP contribution is 2.26. The van der Waals surface area contributed by atoms with Crippen molar-refractivity contribution in [2.45, 2.75) is 32.0 Å². The molecule has 2 aromatic carbocycles. The molecule has 0 unspecified atom stereocenters. The molecule has 0 amide bonds. The molecular weight excluding hydrogens is 337 g/mol. The van der Waals surface area contributed by atoms with Gasteiger partial charge in [-0.1, -0.05) is 24.3 Å². The van der Waals surface area contributed by atoms with E-state index < -0.39 is 10.7 Å². The van der Waals surface area contributed by atoms with Gasteiger partial charge in [0.2, 0.25) is 0 Å². The summed E-state index contributed by atoms with van der Waals surface area (Å²) >= 11 is 0. The summed E-state index contributed by atoms with van der Waals surface area (Å²) in [5.74, 6) is -0.630. The quantitative estimate of drug-likeness (QED) is 0.611. The lowest BCUT2D eigenvalue weighted by Gasteiger charge is -2.30. The van der Waals surface area contributed by atoms with Crippen molar-refractivity contribution in [3.8, 4) is 0 Å². The van der Waals surface area contributed by atoms with E-state index in [1.807, 2.05) is 24.3 Å². The van der Waals surface area contributed by atoms with E-state index in [4.69, 9.17) is 0 Å². The minimum Gasteiger partial charge on any atom is -0.393 e. The number of nitrogens with zero attached hydrogens (tertiary/aromatic N) is 2. The Hall–Kier alpha value is -2.51. The van der Waals surface area contributed by atoms with E-state index in [1.165, 1.54) is 12.1 Å². The van der Waals surface area contributed by atoms with Crippen LogP contribution in [-0.4, -0.2) is 34.1 Å². The molecular formula is C19H22FN3O3. The average molecular weight is 359 g/mol. The molecule has 0 aliphatic carbocycles. The molecule has 3 rings (SSSR count). The normalized spacial score (nSPS) is 15.8. The molecule has 138 valence electrons. The fraction of sp³-hybridized carbons (Fsp3) is 0.368. The van der Waals surface area contributed by atoms with Crippen molar-refractivity contribution in [2.75, 3.05) is 18.4 Å². The van der Waals surface area contributed by atoms with Crippen LogP contribution in [0.2, 0.25) is 0 Å². The summed E-state index contributed by atoms with van der Waals surface area (Å²) in [6, 6.07) is 11.4. The number of hydrogen-bond acceptors (Lipinski definition) is 5. The van der Waals surface area contributed by atoms with Crippen LogP contribution in [0.5, 0.6) is 0 Å². The maximum Gasteiger partial charge on any atom is 0.295 e. The lowest BCUT2D eigenvalue weighted by Crippen LogP contribution is -2.35. The maximum absolute atomic E-state index is 13.3. The van der Waals surface area contributed by atoms with Gasteiger partial charge in [-0.25, -0.2) is 4.39 Å². The van der Waals surface area contributed by atoms with Gasteiger partial charge in [0.05, 0.1) is 17.1 Å². The van der Waals surface area contributed by atoms with Gasteiger partial charge in [-0.3, -0.25) is 15.0 Å². The Morgan fingerprint density at radius 3 is 2.58 bits per heavy atom. The highest BCUT2D eigenvalue weighted by Gasteiger charge is 2.18. The van der Waals surface area contributed by atoms with Crippen LogP contribution in [0.25, 0.3) is 0 Å². The molecule has 1 aliphatic rings.